The van der Waals surface area contributed by atoms with E-state index in [1.807, 2.05) is 13.8 Å². The average molecular weight is 198 g/mol. The van der Waals surface area contributed by atoms with Crippen molar-refractivity contribution in [3.05, 3.63) is 11.6 Å². The molecule has 0 fully saturated rings. The number of oxazole rings is 1. The van der Waals surface area contributed by atoms with Crippen molar-refractivity contribution in [2.75, 3.05) is 19.0 Å². The van der Waals surface area contributed by atoms with Gasteiger partial charge in [0.15, 0.2) is 0 Å². The third-order valence-corrected chi connectivity index (χ3v) is 1.77. The summed E-state index contributed by atoms with van der Waals surface area (Å²) in [5.74, 6) is -0.737. The number of hydrogen-bond donors (Lipinski definition) is 1. The van der Waals surface area contributed by atoms with Gasteiger partial charge in [0.2, 0.25) is 5.88 Å². The summed E-state index contributed by atoms with van der Waals surface area (Å²) in [6, 6.07) is 0. The smallest absolute Gasteiger partial charge is 0.392 e. The molecule has 0 amide bonds. The number of anilines is 1. The van der Waals surface area contributed by atoms with E-state index in [2.05, 4.69) is 4.98 Å². The molecule has 0 unspecified atom stereocenters. The van der Waals surface area contributed by atoms with Crippen LogP contribution in [0.25, 0.3) is 0 Å². The molecule has 5 heteroatoms. The first-order valence-corrected chi connectivity index (χ1v) is 4.34. The Morgan fingerprint density at radius 1 is 1.50 bits per heavy atom. The van der Waals surface area contributed by atoms with Crippen molar-refractivity contribution in [2.24, 2.45) is 0 Å². The molecular weight excluding hydrogens is 184 g/mol. The molecule has 0 spiro atoms. The fraction of sp³-hybridized carbons (Fsp3) is 0.556. The largest absolute Gasteiger partial charge is 0.474 e. The van der Waals surface area contributed by atoms with E-state index >= 15 is 0 Å². The van der Waals surface area contributed by atoms with Gasteiger partial charge in [0.25, 0.3) is 0 Å². The topological polar surface area (TPSA) is 66.6 Å². The molecule has 5 nitrogen and oxygen atoms in total. The molecule has 0 atom stereocenters. The van der Waals surface area contributed by atoms with E-state index in [-0.39, 0.29) is 11.8 Å². The normalized spacial score (nSPS) is 10.6. The summed E-state index contributed by atoms with van der Waals surface area (Å²) >= 11 is 0. The van der Waals surface area contributed by atoms with Gasteiger partial charge in [-0.25, -0.2) is 9.78 Å². The maximum Gasteiger partial charge on any atom is 0.392 e. The van der Waals surface area contributed by atoms with Crippen LogP contribution < -0.4 is 4.90 Å². The third-order valence-electron chi connectivity index (χ3n) is 1.77. The van der Waals surface area contributed by atoms with Gasteiger partial charge in [0.05, 0.1) is 0 Å². The van der Waals surface area contributed by atoms with Crippen molar-refractivity contribution in [2.45, 2.75) is 19.8 Å². The molecule has 0 aromatic carbocycles. The highest BCUT2D eigenvalue weighted by Crippen LogP contribution is 2.26. The number of nitrogens with zero attached hydrogens (tertiary/aromatic N) is 2. The highest BCUT2D eigenvalue weighted by molar-refractivity contribution is 5.82. The van der Waals surface area contributed by atoms with Gasteiger partial charge in [0, 0.05) is 20.0 Å². The number of aromatic carboxylic acids is 1. The maximum atomic E-state index is 10.6. The van der Waals surface area contributed by atoms with Gasteiger partial charge in [-0.1, -0.05) is 13.8 Å². The van der Waals surface area contributed by atoms with E-state index in [0.29, 0.717) is 11.6 Å². The highest BCUT2D eigenvalue weighted by atomic mass is 16.4. The van der Waals surface area contributed by atoms with Crippen LogP contribution in [0.15, 0.2) is 4.42 Å². The Morgan fingerprint density at radius 3 is 2.36 bits per heavy atom. The van der Waals surface area contributed by atoms with Crippen molar-refractivity contribution in [1.29, 1.82) is 0 Å². The standard InChI is InChI=1S/C9H14N2O3/c1-5(2)6-8(11(3)4)14-7(10-6)9(12)13/h5H,1-4H3,(H,12,13). The van der Waals surface area contributed by atoms with Gasteiger partial charge in [-0.3, -0.25) is 0 Å². The first-order chi connectivity index (χ1) is 6.43. The van der Waals surface area contributed by atoms with E-state index in [4.69, 9.17) is 9.52 Å². The molecule has 1 rings (SSSR count). The second kappa shape index (κ2) is 3.69. The molecule has 1 aromatic heterocycles. The number of hydrogen-bond acceptors (Lipinski definition) is 4. The van der Waals surface area contributed by atoms with Gasteiger partial charge in [-0.15, -0.1) is 0 Å². The lowest BCUT2D eigenvalue weighted by atomic mass is 10.1. The molecule has 0 aliphatic heterocycles. The molecule has 0 aliphatic rings. The summed E-state index contributed by atoms with van der Waals surface area (Å²) < 4.78 is 5.11. The Morgan fingerprint density at radius 2 is 2.07 bits per heavy atom. The fourth-order valence-electron chi connectivity index (χ4n) is 1.11. The van der Waals surface area contributed by atoms with E-state index in [9.17, 15) is 4.79 Å². The second-order valence-corrected chi connectivity index (χ2v) is 3.56. The van der Waals surface area contributed by atoms with Crippen molar-refractivity contribution in [1.82, 2.24) is 4.98 Å². The highest BCUT2D eigenvalue weighted by Gasteiger charge is 2.21. The number of carboxylic acid groups (broad SMARTS) is 1. The lowest BCUT2D eigenvalue weighted by molar-refractivity contribution is 0.0654. The summed E-state index contributed by atoms with van der Waals surface area (Å²) in [7, 11) is 3.58. The van der Waals surface area contributed by atoms with Gasteiger partial charge >= 0.3 is 11.9 Å². The average Bonchev–Trinajstić information content (AvgIpc) is 2.47. The minimum Gasteiger partial charge on any atom is -0.474 e. The van der Waals surface area contributed by atoms with E-state index in [0.717, 1.165) is 0 Å². The minimum atomic E-state index is -1.14. The van der Waals surface area contributed by atoms with Crippen LogP contribution in [0.2, 0.25) is 0 Å². The molecule has 0 bridgehead atoms. The van der Waals surface area contributed by atoms with Crippen LogP contribution in [0.1, 0.15) is 36.1 Å². The van der Waals surface area contributed by atoms with Crippen LogP contribution in [0.4, 0.5) is 5.88 Å². The van der Waals surface area contributed by atoms with Crippen LogP contribution in [0, 0.1) is 0 Å². The van der Waals surface area contributed by atoms with Crippen molar-refractivity contribution >= 4 is 11.9 Å². The molecule has 78 valence electrons. The van der Waals surface area contributed by atoms with Crippen molar-refractivity contribution in [3.63, 3.8) is 0 Å². The molecule has 0 aliphatic carbocycles. The van der Waals surface area contributed by atoms with Crippen LogP contribution in [0.5, 0.6) is 0 Å². The number of aromatic nitrogens is 1. The third kappa shape index (κ3) is 1.86. The number of rotatable bonds is 3. The first kappa shape index (κ1) is 10.6. The summed E-state index contributed by atoms with van der Waals surface area (Å²) in [4.78, 5) is 16.3. The molecule has 14 heavy (non-hydrogen) atoms. The molecule has 1 heterocycles. The predicted molar refractivity (Wildman–Crippen MR) is 51.9 cm³/mol. The Kier molecular flexibility index (Phi) is 2.78. The van der Waals surface area contributed by atoms with Crippen LogP contribution >= 0.6 is 0 Å². The lowest BCUT2D eigenvalue weighted by Gasteiger charge is -2.10. The number of carbonyl (C=O) groups is 1. The lowest BCUT2D eigenvalue weighted by Crippen LogP contribution is -2.10. The van der Waals surface area contributed by atoms with Crippen molar-refractivity contribution < 1.29 is 14.3 Å². The molecule has 0 saturated carbocycles. The van der Waals surface area contributed by atoms with Crippen LogP contribution in [-0.4, -0.2) is 30.2 Å². The Labute approximate surface area is 82.4 Å². The zero-order valence-electron chi connectivity index (χ0n) is 8.74. The van der Waals surface area contributed by atoms with Gasteiger partial charge in [-0.05, 0) is 0 Å². The molecule has 0 radical (unpaired) electrons. The molecular formula is C9H14N2O3. The van der Waals surface area contributed by atoms with Crippen LogP contribution in [0.3, 0.4) is 0 Å². The van der Waals surface area contributed by atoms with Gasteiger partial charge in [-0.2, -0.15) is 0 Å². The molecule has 1 aromatic rings. The van der Waals surface area contributed by atoms with E-state index < -0.39 is 5.97 Å². The van der Waals surface area contributed by atoms with Crippen molar-refractivity contribution in [3.8, 4) is 0 Å². The minimum absolute atomic E-state index is 0.143. The maximum absolute atomic E-state index is 10.6. The van der Waals surface area contributed by atoms with E-state index in [1.165, 1.54) is 0 Å². The molecule has 1 N–H and O–H groups in total. The van der Waals surface area contributed by atoms with Gasteiger partial charge in [0.1, 0.15) is 5.69 Å². The summed E-state index contributed by atoms with van der Waals surface area (Å²) in [5, 5.41) is 8.71. The number of carboxylic acids is 1. The summed E-state index contributed by atoms with van der Waals surface area (Å²) in [5.41, 5.74) is 0.674. The Balaban J connectivity index is 3.19. The Bertz CT molecular complexity index is 316. The zero-order valence-corrected chi connectivity index (χ0v) is 8.74. The van der Waals surface area contributed by atoms with Gasteiger partial charge < -0.3 is 14.4 Å². The fourth-order valence-corrected chi connectivity index (χ4v) is 1.11. The van der Waals surface area contributed by atoms with Crippen LogP contribution in [-0.2, 0) is 0 Å². The quantitative estimate of drug-likeness (QED) is 0.798. The second-order valence-electron chi connectivity index (χ2n) is 3.56. The predicted octanol–water partition coefficient (Wildman–Crippen LogP) is 1.56. The summed E-state index contributed by atoms with van der Waals surface area (Å²) in [6.45, 7) is 3.88. The Hall–Kier alpha value is -1.52. The summed E-state index contributed by atoms with van der Waals surface area (Å²) in [6.07, 6.45) is 0. The molecule has 0 saturated heterocycles. The zero-order chi connectivity index (χ0) is 10.9. The SMILES string of the molecule is CC(C)c1nc(C(=O)O)oc1N(C)C. The monoisotopic (exact) mass is 198 g/mol. The van der Waals surface area contributed by atoms with E-state index in [1.54, 1.807) is 19.0 Å². The first-order valence-electron chi connectivity index (χ1n) is 4.34.